The zero-order chi connectivity index (χ0) is 46.7. The summed E-state index contributed by atoms with van der Waals surface area (Å²) < 4.78 is 32.8. The fourth-order valence-electron chi connectivity index (χ4n) is 5.98. The molecule has 0 rings (SSSR count). The predicted molar refractivity (Wildman–Crippen MR) is 270 cm³/mol. The van der Waals surface area contributed by atoms with E-state index in [4.69, 9.17) is 24.3 Å². The van der Waals surface area contributed by atoms with Crippen LogP contribution in [-0.4, -0.2) is 49.3 Å². The van der Waals surface area contributed by atoms with Crippen molar-refractivity contribution >= 4 is 19.8 Å². The van der Waals surface area contributed by atoms with Gasteiger partial charge in [-0.05, 0) is 103 Å². The highest BCUT2D eigenvalue weighted by atomic mass is 31.2. The summed E-state index contributed by atoms with van der Waals surface area (Å²) in [4.78, 5) is 34.9. The third kappa shape index (κ3) is 47.9. The Morgan fingerprint density at radius 2 is 0.875 bits per heavy atom. The zero-order valence-electron chi connectivity index (χ0n) is 40.0. The maximum atomic E-state index is 12.6. The van der Waals surface area contributed by atoms with Crippen LogP contribution in [0.4, 0.5) is 0 Å². The second kappa shape index (κ2) is 48.9. The Balaban J connectivity index is 4.23. The number of ether oxygens (including phenoxy) is 2. The first-order valence-corrected chi connectivity index (χ1v) is 26.0. The summed E-state index contributed by atoms with van der Waals surface area (Å²) in [6, 6.07) is 0. The smallest absolute Gasteiger partial charge is 0.462 e. The van der Waals surface area contributed by atoms with E-state index >= 15 is 0 Å². The van der Waals surface area contributed by atoms with E-state index in [9.17, 15) is 19.0 Å². The van der Waals surface area contributed by atoms with Gasteiger partial charge in [-0.2, -0.15) is 0 Å². The summed E-state index contributed by atoms with van der Waals surface area (Å²) in [5, 5.41) is 0. The fraction of sp³-hybridized carbons (Fsp3) is 0.593. The summed E-state index contributed by atoms with van der Waals surface area (Å²) in [5.41, 5.74) is 5.35. The molecule has 0 aromatic rings. The van der Waals surface area contributed by atoms with E-state index in [-0.39, 0.29) is 32.6 Å². The van der Waals surface area contributed by atoms with Crippen LogP contribution in [-0.2, 0) is 32.7 Å². The molecule has 0 saturated carbocycles. The highest BCUT2D eigenvalue weighted by Gasteiger charge is 2.26. The first kappa shape index (κ1) is 60.4. The molecule has 9 nitrogen and oxygen atoms in total. The van der Waals surface area contributed by atoms with Gasteiger partial charge in [0.2, 0.25) is 0 Å². The minimum atomic E-state index is -4.41. The normalized spacial score (nSPS) is 14.2. The van der Waals surface area contributed by atoms with Gasteiger partial charge in [0.05, 0.1) is 13.2 Å². The van der Waals surface area contributed by atoms with Gasteiger partial charge in [0, 0.05) is 19.4 Å². The molecule has 0 bridgehead atoms. The number of carbonyl (C=O) groups is 2. The molecule has 0 aliphatic rings. The maximum absolute atomic E-state index is 12.6. The molecule has 0 aromatic carbocycles. The van der Waals surface area contributed by atoms with Crippen molar-refractivity contribution in [2.45, 2.75) is 180 Å². The third-order valence-electron chi connectivity index (χ3n) is 9.58. The molecule has 0 saturated heterocycles. The Kier molecular flexibility index (Phi) is 46.1. The van der Waals surface area contributed by atoms with Gasteiger partial charge in [0.15, 0.2) is 6.10 Å². The lowest BCUT2D eigenvalue weighted by Gasteiger charge is -2.19. The van der Waals surface area contributed by atoms with E-state index in [2.05, 4.69) is 129 Å². The maximum Gasteiger partial charge on any atom is 0.472 e. The average Bonchev–Trinajstić information content (AvgIpc) is 3.28. The zero-order valence-corrected chi connectivity index (χ0v) is 40.9. The quantitative estimate of drug-likeness (QED) is 0.0265. The van der Waals surface area contributed by atoms with Crippen molar-refractivity contribution in [3.05, 3.63) is 122 Å². The molecule has 0 aliphatic carbocycles. The minimum Gasteiger partial charge on any atom is -0.462 e. The average molecular weight is 910 g/mol. The minimum absolute atomic E-state index is 0.0363. The van der Waals surface area contributed by atoms with Crippen LogP contribution >= 0.6 is 7.82 Å². The van der Waals surface area contributed by atoms with Crippen molar-refractivity contribution in [2.24, 2.45) is 5.73 Å². The van der Waals surface area contributed by atoms with E-state index in [1.807, 2.05) is 6.08 Å². The molecule has 2 unspecified atom stereocenters. The van der Waals surface area contributed by atoms with Crippen LogP contribution < -0.4 is 5.73 Å². The first-order valence-electron chi connectivity index (χ1n) is 24.5. The van der Waals surface area contributed by atoms with Crippen molar-refractivity contribution in [2.75, 3.05) is 26.4 Å². The number of hydrogen-bond donors (Lipinski definition) is 2. The lowest BCUT2D eigenvalue weighted by Crippen LogP contribution is -2.29. The second-order valence-corrected chi connectivity index (χ2v) is 17.0. The van der Waals surface area contributed by atoms with Crippen LogP contribution in [0.3, 0.4) is 0 Å². The molecule has 3 N–H and O–H groups in total. The summed E-state index contributed by atoms with van der Waals surface area (Å²) in [7, 11) is -4.41. The van der Waals surface area contributed by atoms with Gasteiger partial charge in [0.25, 0.3) is 0 Å². The van der Waals surface area contributed by atoms with Crippen LogP contribution in [0.5, 0.6) is 0 Å². The number of phosphoric ester groups is 1. The fourth-order valence-corrected chi connectivity index (χ4v) is 6.75. The predicted octanol–water partition coefficient (Wildman–Crippen LogP) is 14.9. The molecular formula is C54H88NO8P. The second-order valence-electron chi connectivity index (χ2n) is 15.6. The van der Waals surface area contributed by atoms with Gasteiger partial charge in [-0.3, -0.25) is 18.6 Å². The standard InChI is InChI=1S/C54H88NO8P/c1-3-5-7-9-11-13-15-17-19-20-21-22-23-24-25-26-27-28-29-30-31-32-33-35-37-39-41-43-45-47-54(57)63-52(51-62-64(58,59)61-49-48-55)50-60-53(56)46-44-42-40-38-36-34-18-16-14-12-10-8-6-4-2/h5,7,11,13,16-19,21-22,24-25,27-28,30-31,33,35,39,41,52H,3-4,6,8-10,12,14-15,20,23,26,29,32,34,36-38,40,42-51,55H2,1-2H3,(H,58,59)/b7-5-,13-11-,18-16-,19-17-,22-21-,25-24-,28-27-,31-30-,35-33-,41-39-. The summed E-state index contributed by atoms with van der Waals surface area (Å²) in [6.07, 6.45) is 66.7. The monoisotopic (exact) mass is 910 g/mol. The molecule has 0 aliphatic heterocycles. The summed E-state index contributed by atoms with van der Waals surface area (Å²) >= 11 is 0. The lowest BCUT2D eigenvalue weighted by molar-refractivity contribution is -0.161. The molecule has 0 aromatic heterocycles. The lowest BCUT2D eigenvalue weighted by atomic mass is 10.1. The number of esters is 2. The topological polar surface area (TPSA) is 134 Å². The molecule has 2 atom stereocenters. The van der Waals surface area contributed by atoms with Crippen LogP contribution in [0.15, 0.2) is 122 Å². The Hall–Kier alpha value is -3.59. The summed E-state index contributed by atoms with van der Waals surface area (Å²) in [6.45, 7) is 3.51. The molecule has 0 spiro atoms. The summed E-state index contributed by atoms with van der Waals surface area (Å²) in [5.74, 6) is -0.920. The van der Waals surface area contributed by atoms with Gasteiger partial charge in [-0.25, -0.2) is 4.57 Å². The number of rotatable bonds is 44. The van der Waals surface area contributed by atoms with Crippen LogP contribution in [0.25, 0.3) is 0 Å². The molecular weight excluding hydrogens is 822 g/mol. The van der Waals surface area contributed by atoms with Crippen molar-refractivity contribution in [1.29, 1.82) is 0 Å². The van der Waals surface area contributed by atoms with Crippen molar-refractivity contribution < 1.29 is 37.6 Å². The number of hydrogen-bond acceptors (Lipinski definition) is 8. The van der Waals surface area contributed by atoms with Crippen molar-refractivity contribution in [1.82, 2.24) is 0 Å². The van der Waals surface area contributed by atoms with E-state index in [0.29, 0.717) is 19.3 Å². The molecule has 64 heavy (non-hydrogen) atoms. The van der Waals surface area contributed by atoms with Crippen molar-refractivity contribution in [3.63, 3.8) is 0 Å². The number of unbranched alkanes of at least 4 members (excludes halogenated alkanes) is 11. The highest BCUT2D eigenvalue weighted by molar-refractivity contribution is 7.47. The highest BCUT2D eigenvalue weighted by Crippen LogP contribution is 2.43. The Bertz CT molecular complexity index is 1450. The number of nitrogens with two attached hydrogens (primary N) is 1. The molecule has 362 valence electrons. The third-order valence-corrected chi connectivity index (χ3v) is 10.6. The Labute approximate surface area is 390 Å². The van der Waals surface area contributed by atoms with E-state index in [1.165, 1.54) is 38.5 Å². The van der Waals surface area contributed by atoms with E-state index in [1.54, 1.807) is 0 Å². The molecule has 0 amide bonds. The molecule has 0 heterocycles. The van der Waals surface area contributed by atoms with Gasteiger partial charge in [-0.15, -0.1) is 0 Å². The van der Waals surface area contributed by atoms with Crippen molar-refractivity contribution in [3.8, 4) is 0 Å². The van der Waals surface area contributed by atoms with E-state index < -0.39 is 32.5 Å². The number of carbonyl (C=O) groups excluding carboxylic acids is 2. The molecule has 10 heteroatoms. The van der Waals surface area contributed by atoms with Gasteiger partial charge in [0.1, 0.15) is 6.61 Å². The molecule has 0 fully saturated rings. The van der Waals surface area contributed by atoms with Crippen LogP contribution in [0.2, 0.25) is 0 Å². The Morgan fingerprint density at radius 1 is 0.484 bits per heavy atom. The first-order chi connectivity index (χ1) is 31.3. The van der Waals surface area contributed by atoms with E-state index in [0.717, 1.165) is 89.9 Å². The Morgan fingerprint density at radius 3 is 1.34 bits per heavy atom. The van der Waals surface area contributed by atoms with Crippen LogP contribution in [0, 0.1) is 0 Å². The SMILES string of the molecule is CC/C=C\C/C=C\C/C=C\C/C=C\C/C=C\C/C=C\C/C=C\C/C=C\C/C=C\CCCC(=O)OC(COC(=O)CCCCCCC/C=C\CCCCCCC)COP(=O)(O)OCCN. The largest absolute Gasteiger partial charge is 0.472 e. The van der Waals surface area contributed by atoms with Crippen LogP contribution in [0.1, 0.15) is 174 Å². The number of phosphoric acid groups is 1. The number of allylic oxidation sites excluding steroid dienone is 20. The van der Waals surface area contributed by atoms with Gasteiger partial charge >= 0.3 is 19.8 Å². The van der Waals surface area contributed by atoms with Gasteiger partial charge < -0.3 is 20.1 Å². The molecule has 0 radical (unpaired) electrons. The van der Waals surface area contributed by atoms with Gasteiger partial charge in [-0.1, -0.05) is 180 Å².